The number of benzene rings is 1. The van der Waals surface area contributed by atoms with E-state index in [1.807, 2.05) is 19.1 Å². The fourth-order valence-electron chi connectivity index (χ4n) is 5.17. The highest BCUT2D eigenvalue weighted by Gasteiger charge is 2.49. The second-order valence-corrected chi connectivity index (χ2v) is 8.65. The van der Waals surface area contributed by atoms with Gasteiger partial charge in [0, 0.05) is 44.6 Å². The molecule has 1 aromatic carbocycles. The summed E-state index contributed by atoms with van der Waals surface area (Å²) in [6.45, 7) is 8.18. The zero-order valence-corrected chi connectivity index (χ0v) is 17.5. The van der Waals surface area contributed by atoms with Crippen molar-refractivity contribution in [2.24, 2.45) is 11.8 Å². The van der Waals surface area contributed by atoms with E-state index >= 15 is 0 Å². The number of aryl methyl sites for hydroxylation is 1. The van der Waals surface area contributed by atoms with E-state index in [4.69, 9.17) is 4.74 Å². The number of morpholine rings is 1. The van der Waals surface area contributed by atoms with Crippen molar-refractivity contribution in [1.29, 1.82) is 0 Å². The standard InChI is InChI=1S/C23H29N5O2/c1-17-7-8-21(25-24-17)27-13-19-14-28(22(29)16-26-9-11-30-12-10-26)23(20(19)15-27)18-5-3-2-4-6-18/h2-8,19-20,23H,9-16H2,1H3/t19-,20-,23+/m0/s1. The molecule has 0 aliphatic carbocycles. The zero-order valence-electron chi connectivity index (χ0n) is 17.5. The summed E-state index contributed by atoms with van der Waals surface area (Å²) in [4.78, 5) is 20.0. The van der Waals surface area contributed by atoms with Crippen LogP contribution < -0.4 is 4.90 Å². The number of hydrogen-bond acceptors (Lipinski definition) is 6. The minimum Gasteiger partial charge on any atom is -0.379 e. The molecule has 2 aromatic rings. The third-order valence-corrected chi connectivity index (χ3v) is 6.70. The molecule has 0 saturated carbocycles. The van der Waals surface area contributed by atoms with Crippen molar-refractivity contribution in [3.63, 3.8) is 0 Å². The Bertz CT molecular complexity index is 869. The Labute approximate surface area is 177 Å². The molecule has 7 nitrogen and oxygen atoms in total. The van der Waals surface area contributed by atoms with E-state index in [2.05, 4.69) is 55.2 Å². The number of carbonyl (C=O) groups excluding carboxylic acids is 1. The molecule has 7 heteroatoms. The molecule has 4 heterocycles. The monoisotopic (exact) mass is 407 g/mol. The molecular formula is C23H29N5O2. The van der Waals surface area contributed by atoms with Gasteiger partial charge in [-0.2, -0.15) is 5.10 Å². The van der Waals surface area contributed by atoms with Gasteiger partial charge >= 0.3 is 0 Å². The fourth-order valence-corrected chi connectivity index (χ4v) is 5.17. The molecule has 3 fully saturated rings. The highest BCUT2D eigenvalue weighted by molar-refractivity contribution is 5.79. The predicted octanol–water partition coefficient (Wildman–Crippen LogP) is 1.75. The van der Waals surface area contributed by atoms with Crippen LogP contribution in [0.4, 0.5) is 5.82 Å². The number of nitrogens with zero attached hydrogens (tertiary/aromatic N) is 5. The number of amides is 1. The third-order valence-electron chi connectivity index (χ3n) is 6.70. The molecule has 30 heavy (non-hydrogen) atoms. The maximum absolute atomic E-state index is 13.3. The Morgan fingerprint density at radius 1 is 1.03 bits per heavy atom. The van der Waals surface area contributed by atoms with Crippen molar-refractivity contribution < 1.29 is 9.53 Å². The van der Waals surface area contributed by atoms with Crippen molar-refractivity contribution >= 4 is 11.7 Å². The summed E-state index contributed by atoms with van der Waals surface area (Å²) in [5.41, 5.74) is 2.16. The van der Waals surface area contributed by atoms with Gasteiger partial charge in [-0.1, -0.05) is 30.3 Å². The van der Waals surface area contributed by atoms with E-state index in [1.165, 1.54) is 5.56 Å². The lowest BCUT2D eigenvalue weighted by molar-refractivity contribution is -0.134. The quantitative estimate of drug-likeness (QED) is 0.770. The summed E-state index contributed by atoms with van der Waals surface area (Å²) in [6, 6.07) is 14.7. The van der Waals surface area contributed by atoms with Crippen LogP contribution in [0.15, 0.2) is 42.5 Å². The Morgan fingerprint density at radius 3 is 2.57 bits per heavy atom. The summed E-state index contributed by atoms with van der Waals surface area (Å²) in [7, 11) is 0. The number of rotatable bonds is 4. The summed E-state index contributed by atoms with van der Waals surface area (Å²) < 4.78 is 5.44. The second-order valence-electron chi connectivity index (χ2n) is 8.65. The van der Waals surface area contributed by atoms with E-state index in [1.54, 1.807) is 0 Å². The van der Waals surface area contributed by atoms with E-state index in [9.17, 15) is 4.79 Å². The van der Waals surface area contributed by atoms with E-state index in [-0.39, 0.29) is 11.9 Å². The smallest absolute Gasteiger partial charge is 0.237 e. The molecule has 3 aliphatic heterocycles. The van der Waals surface area contributed by atoms with Crippen molar-refractivity contribution in [1.82, 2.24) is 20.0 Å². The molecule has 0 bridgehead atoms. The summed E-state index contributed by atoms with van der Waals surface area (Å²) in [5.74, 6) is 2.03. The van der Waals surface area contributed by atoms with Crippen LogP contribution in [0.5, 0.6) is 0 Å². The van der Waals surface area contributed by atoms with Gasteiger partial charge in [0.1, 0.15) is 0 Å². The highest BCUT2D eigenvalue weighted by Crippen LogP contribution is 2.45. The molecule has 3 atom stereocenters. The lowest BCUT2D eigenvalue weighted by Crippen LogP contribution is -2.45. The van der Waals surface area contributed by atoms with Crippen LogP contribution >= 0.6 is 0 Å². The number of aromatic nitrogens is 2. The average Bonchev–Trinajstić information content (AvgIpc) is 3.34. The number of likely N-dealkylation sites (tertiary alicyclic amines) is 1. The van der Waals surface area contributed by atoms with Gasteiger partial charge in [0.25, 0.3) is 0 Å². The molecule has 0 N–H and O–H groups in total. The predicted molar refractivity (Wildman–Crippen MR) is 114 cm³/mol. The van der Waals surface area contributed by atoms with Crippen LogP contribution in [-0.4, -0.2) is 78.4 Å². The number of anilines is 1. The van der Waals surface area contributed by atoms with Crippen molar-refractivity contribution in [3.8, 4) is 0 Å². The lowest BCUT2D eigenvalue weighted by Gasteiger charge is -2.33. The van der Waals surface area contributed by atoms with Crippen LogP contribution in [-0.2, 0) is 9.53 Å². The lowest BCUT2D eigenvalue weighted by atomic mass is 9.89. The maximum atomic E-state index is 13.3. The molecule has 0 radical (unpaired) electrons. The van der Waals surface area contributed by atoms with Gasteiger partial charge in [-0.3, -0.25) is 9.69 Å². The Hall–Kier alpha value is -2.51. The fraction of sp³-hybridized carbons (Fsp3) is 0.522. The van der Waals surface area contributed by atoms with E-state index < -0.39 is 0 Å². The second kappa shape index (κ2) is 8.32. The van der Waals surface area contributed by atoms with Gasteiger partial charge in [-0.15, -0.1) is 5.10 Å². The first kappa shape index (κ1) is 19.5. The van der Waals surface area contributed by atoms with Crippen molar-refractivity contribution in [2.45, 2.75) is 13.0 Å². The van der Waals surface area contributed by atoms with Gasteiger partial charge in [0.2, 0.25) is 5.91 Å². The van der Waals surface area contributed by atoms with Gasteiger partial charge in [0.15, 0.2) is 5.82 Å². The van der Waals surface area contributed by atoms with Crippen molar-refractivity contribution in [3.05, 3.63) is 53.7 Å². The van der Waals surface area contributed by atoms with Crippen LogP contribution in [0.1, 0.15) is 17.3 Å². The normalized spacial score (nSPS) is 26.8. The number of fused-ring (bicyclic) bond motifs is 1. The molecule has 0 unspecified atom stereocenters. The molecule has 1 amide bonds. The van der Waals surface area contributed by atoms with Crippen LogP contribution in [0.2, 0.25) is 0 Å². The van der Waals surface area contributed by atoms with Crippen molar-refractivity contribution in [2.75, 3.05) is 57.4 Å². The van der Waals surface area contributed by atoms with Crippen LogP contribution in [0.3, 0.4) is 0 Å². The maximum Gasteiger partial charge on any atom is 0.237 e. The Balaban J connectivity index is 1.36. The molecule has 0 spiro atoms. The number of ether oxygens (including phenoxy) is 1. The molecule has 3 aliphatic rings. The van der Waals surface area contributed by atoms with Crippen LogP contribution in [0, 0.1) is 18.8 Å². The number of hydrogen-bond donors (Lipinski definition) is 0. The first-order valence-corrected chi connectivity index (χ1v) is 10.9. The van der Waals surface area contributed by atoms with Gasteiger partial charge < -0.3 is 14.5 Å². The van der Waals surface area contributed by atoms with Crippen LogP contribution in [0.25, 0.3) is 0 Å². The SMILES string of the molecule is Cc1ccc(N2C[C@H]3CN(C(=O)CN4CCOCC4)[C@H](c4ccccc4)[C@H]3C2)nn1. The van der Waals surface area contributed by atoms with E-state index in [0.717, 1.165) is 44.2 Å². The minimum atomic E-state index is 0.119. The molecule has 158 valence electrons. The van der Waals surface area contributed by atoms with Gasteiger partial charge in [-0.05, 0) is 24.6 Å². The topological polar surface area (TPSA) is 61.8 Å². The summed E-state index contributed by atoms with van der Waals surface area (Å²) in [6.07, 6.45) is 0. The Morgan fingerprint density at radius 2 is 1.83 bits per heavy atom. The molecule has 1 aromatic heterocycles. The molecular weight excluding hydrogens is 378 g/mol. The average molecular weight is 408 g/mol. The van der Waals surface area contributed by atoms with E-state index in [0.29, 0.717) is 31.6 Å². The Kier molecular flexibility index (Phi) is 5.39. The van der Waals surface area contributed by atoms with Gasteiger partial charge in [0.05, 0.1) is 31.5 Å². The minimum absolute atomic E-state index is 0.119. The third kappa shape index (κ3) is 3.79. The highest BCUT2D eigenvalue weighted by atomic mass is 16.5. The summed E-state index contributed by atoms with van der Waals surface area (Å²) in [5, 5.41) is 8.62. The first-order valence-electron chi connectivity index (χ1n) is 10.9. The van der Waals surface area contributed by atoms with Gasteiger partial charge in [-0.25, -0.2) is 0 Å². The largest absolute Gasteiger partial charge is 0.379 e. The number of carbonyl (C=O) groups is 1. The zero-order chi connectivity index (χ0) is 20.5. The summed E-state index contributed by atoms with van der Waals surface area (Å²) >= 11 is 0. The molecule has 5 rings (SSSR count). The molecule has 3 saturated heterocycles. The first-order chi connectivity index (χ1) is 14.7.